The largest absolute Gasteiger partial charge is 0.444 e. The second-order valence-corrected chi connectivity index (χ2v) is 11.0. The number of carbonyl (C=O) groups is 2. The Morgan fingerprint density at radius 3 is 2.59 bits per heavy atom. The number of benzene rings is 1. The smallest absolute Gasteiger partial charge is 0.407 e. The van der Waals surface area contributed by atoms with Crippen LogP contribution >= 0.6 is 11.8 Å². The van der Waals surface area contributed by atoms with Gasteiger partial charge in [-0.2, -0.15) is 0 Å². The summed E-state index contributed by atoms with van der Waals surface area (Å²) in [6, 6.07) is 12.7. The Morgan fingerprint density at radius 2 is 1.92 bits per heavy atom. The lowest BCUT2D eigenvalue weighted by molar-refractivity contribution is -0.116. The number of fused-ring (bicyclic) bond motifs is 1. The van der Waals surface area contributed by atoms with Gasteiger partial charge in [-0.05, 0) is 51.0 Å². The molecular weight excluding hydrogens is 490 g/mol. The van der Waals surface area contributed by atoms with E-state index in [1.807, 2.05) is 37.3 Å². The number of aromatic nitrogens is 3. The standard InChI is InChI=1S/C27H33N5O4S/c1-6-22(33)29-16-20(30-26(35)36-27(3,4)5)15-18(2)37-25-31-23-21(13-10-14-28-23)24(34)32(25)17-19-11-8-7-9-12-19/h6-14,18,20H,1,15-17H2,2-5H3,(H,29,33)(H,30,35). The Morgan fingerprint density at radius 1 is 1.19 bits per heavy atom. The van der Waals surface area contributed by atoms with Crippen molar-refractivity contribution in [3.63, 3.8) is 0 Å². The molecule has 196 valence electrons. The number of nitrogens with zero attached hydrogens (tertiary/aromatic N) is 3. The van der Waals surface area contributed by atoms with Crippen LogP contribution in [0.2, 0.25) is 0 Å². The number of hydrogen-bond donors (Lipinski definition) is 2. The van der Waals surface area contributed by atoms with Gasteiger partial charge in [-0.1, -0.05) is 55.6 Å². The predicted octanol–water partition coefficient (Wildman–Crippen LogP) is 3.91. The normalized spacial score (nSPS) is 13.0. The van der Waals surface area contributed by atoms with Crippen molar-refractivity contribution in [2.45, 2.75) is 62.7 Å². The van der Waals surface area contributed by atoms with Gasteiger partial charge >= 0.3 is 6.09 Å². The topological polar surface area (TPSA) is 115 Å². The molecule has 0 spiro atoms. The van der Waals surface area contributed by atoms with Crippen LogP contribution in [0.4, 0.5) is 4.79 Å². The zero-order chi connectivity index (χ0) is 27.0. The molecule has 37 heavy (non-hydrogen) atoms. The monoisotopic (exact) mass is 523 g/mol. The Balaban J connectivity index is 1.85. The predicted molar refractivity (Wildman–Crippen MR) is 146 cm³/mol. The van der Waals surface area contributed by atoms with Crippen LogP contribution in [0.15, 0.2) is 71.3 Å². The van der Waals surface area contributed by atoms with Gasteiger partial charge in [0.05, 0.1) is 18.0 Å². The maximum absolute atomic E-state index is 13.4. The minimum atomic E-state index is -0.658. The third-order valence-electron chi connectivity index (χ3n) is 5.23. The second-order valence-electron chi connectivity index (χ2n) is 9.60. The number of amides is 2. The lowest BCUT2D eigenvalue weighted by Gasteiger charge is -2.25. The lowest BCUT2D eigenvalue weighted by Crippen LogP contribution is -2.46. The Hall–Kier alpha value is -3.66. The molecule has 2 N–H and O–H groups in total. The van der Waals surface area contributed by atoms with Gasteiger partial charge in [-0.25, -0.2) is 14.8 Å². The van der Waals surface area contributed by atoms with Crippen LogP contribution in [-0.4, -0.2) is 50.0 Å². The summed E-state index contributed by atoms with van der Waals surface area (Å²) in [6.07, 6.45) is 2.69. The molecule has 0 bridgehead atoms. The van der Waals surface area contributed by atoms with E-state index < -0.39 is 17.7 Å². The van der Waals surface area contributed by atoms with E-state index >= 15 is 0 Å². The van der Waals surface area contributed by atoms with Gasteiger partial charge in [0.15, 0.2) is 10.8 Å². The van der Waals surface area contributed by atoms with Crippen molar-refractivity contribution in [2.75, 3.05) is 6.54 Å². The molecule has 2 aromatic heterocycles. The van der Waals surface area contributed by atoms with E-state index in [4.69, 9.17) is 9.72 Å². The number of hydrogen-bond acceptors (Lipinski definition) is 7. The summed E-state index contributed by atoms with van der Waals surface area (Å²) in [5, 5.41) is 6.46. The highest BCUT2D eigenvalue weighted by atomic mass is 32.2. The molecule has 2 atom stereocenters. The van der Waals surface area contributed by atoms with Gasteiger partial charge in [0.25, 0.3) is 5.56 Å². The van der Waals surface area contributed by atoms with E-state index in [0.29, 0.717) is 29.2 Å². The molecule has 0 aliphatic rings. The molecule has 9 nitrogen and oxygen atoms in total. The molecule has 3 aromatic rings. The first-order chi connectivity index (χ1) is 17.6. The second kappa shape index (κ2) is 12.5. The van der Waals surface area contributed by atoms with Crippen LogP contribution in [0.1, 0.15) is 39.7 Å². The van der Waals surface area contributed by atoms with Crippen LogP contribution in [-0.2, 0) is 16.1 Å². The van der Waals surface area contributed by atoms with E-state index in [2.05, 4.69) is 22.2 Å². The zero-order valence-corrected chi connectivity index (χ0v) is 22.4. The van der Waals surface area contributed by atoms with Crippen LogP contribution in [0.5, 0.6) is 0 Å². The first-order valence-electron chi connectivity index (χ1n) is 12.0. The van der Waals surface area contributed by atoms with Gasteiger partial charge in [-0.3, -0.25) is 14.2 Å². The highest BCUT2D eigenvalue weighted by Gasteiger charge is 2.23. The number of rotatable bonds is 10. The highest BCUT2D eigenvalue weighted by molar-refractivity contribution is 7.99. The Bertz CT molecular complexity index is 1300. The van der Waals surface area contributed by atoms with Crippen LogP contribution < -0.4 is 16.2 Å². The SMILES string of the molecule is C=CC(=O)NCC(CC(C)Sc1nc2ncccc2c(=O)n1Cc1ccccc1)NC(=O)OC(C)(C)C. The zero-order valence-electron chi connectivity index (χ0n) is 21.6. The molecule has 0 radical (unpaired) electrons. The van der Waals surface area contributed by atoms with Gasteiger partial charge in [0.2, 0.25) is 5.91 Å². The lowest BCUT2D eigenvalue weighted by atomic mass is 10.1. The highest BCUT2D eigenvalue weighted by Crippen LogP contribution is 2.25. The van der Waals surface area contributed by atoms with Crippen molar-refractivity contribution in [1.29, 1.82) is 0 Å². The first-order valence-corrected chi connectivity index (χ1v) is 12.9. The summed E-state index contributed by atoms with van der Waals surface area (Å²) in [7, 11) is 0. The van der Waals surface area contributed by atoms with Gasteiger partial charge < -0.3 is 15.4 Å². The molecule has 1 aromatic carbocycles. The first kappa shape index (κ1) is 27.9. The van der Waals surface area contributed by atoms with E-state index in [-0.39, 0.29) is 23.3 Å². The van der Waals surface area contributed by atoms with Crippen LogP contribution in [0, 0.1) is 0 Å². The number of ether oxygens (including phenoxy) is 1. The fourth-order valence-corrected chi connectivity index (χ4v) is 4.73. The average Bonchev–Trinajstić information content (AvgIpc) is 2.84. The molecule has 10 heteroatoms. The van der Waals surface area contributed by atoms with E-state index in [0.717, 1.165) is 5.56 Å². The van der Waals surface area contributed by atoms with E-state index in [9.17, 15) is 14.4 Å². The van der Waals surface area contributed by atoms with Crippen molar-refractivity contribution >= 4 is 34.8 Å². The molecule has 0 fully saturated rings. The van der Waals surface area contributed by atoms with Gasteiger partial charge in [0, 0.05) is 18.0 Å². The summed E-state index contributed by atoms with van der Waals surface area (Å²) < 4.78 is 7.04. The molecule has 2 heterocycles. The number of pyridine rings is 1. The maximum Gasteiger partial charge on any atom is 0.407 e. The molecule has 0 aliphatic heterocycles. The molecule has 3 rings (SSSR count). The summed E-state index contributed by atoms with van der Waals surface area (Å²) in [5.74, 6) is -0.338. The van der Waals surface area contributed by atoms with Gasteiger partial charge in [0.1, 0.15) is 5.60 Å². The molecule has 0 aliphatic carbocycles. The van der Waals surface area contributed by atoms with Crippen molar-refractivity contribution in [3.8, 4) is 0 Å². The molecule has 2 unspecified atom stereocenters. The number of alkyl carbamates (subject to hydrolysis) is 1. The van der Waals surface area contributed by atoms with Crippen molar-refractivity contribution in [2.24, 2.45) is 0 Å². The molecular formula is C27H33N5O4S. The third kappa shape index (κ3) is 8.45. The minimum Gasteiger partial charge on any atom is -0.444 e. The third-order valence-corrected chi connectivity index (χ3v) is 6.35. The summed E-state index contributed by atoms with van der Waals surface area (Å²) in [6.45, 7) is 11.3. The fourth-order valence-electron chi connectivity index (χ4n) is 3.62. The van der Waals surface area contributed by atoms with Crippen LogP contribution in [0.3, 0.4) is 0 Å². The summed E-state index contributed by atoms with van der Waals surface area (Å²) in [5.41, 5.74) is 0.529. The van der Waals surface area contributed by atoms with Crippen LogP contribution in [0.25, 0.3) is 11.0 Å². The van der Waals surface area contributed by atoms with Crippen molar-refractivity contribution in [3.05, 3.63) is 77.2 Å². The maximum atomic E-state index is 13.4. The Kier molecular flexibility index (Phi) is 9.46. The Labute approximate surface area is 220 Å². The number of carbonyl (C=O) groups excluding carboxylic acids is 2. The fraction of sp³-hybridized carbons (Fsp3) is 0.370. The van der Waals surface area contributed by atoms with E-state index in [1.54, 1.807) is 43.7 Å². The minimum absolute atomic E-state index is 0.0874. The van der Waals surface area contributed by atoms with Gasteiger partial charge in [-0.15, -0.1) is 0 Å². The number of nitrogens with one attached hydrogen (secondary N) is 2. The molecule has 0 saturated carbocycles. The molecule has 2 amide bonds. The summed E-state index contributed by atoms with van der Waals surface area (Å²) >= 11 is 1.41. The van der Waals surface area contributed by atoms with E-state index in [1.165, 1.54) is 17.8 Å². The molecule has 0 saturated heterocycles. The quantitative estimate of drug-likeness (QED) is 0.235. The van der Waals surface area contributed by atoms with Crippen molar-refractivity contribution in [1.82, 2.24) is 25.2 Å². The van der Waals surface area contributed by atoms with Crippen molar-refractivity contribution < 1.29 is 14.3 Å². The summed E-state index contributed by atoms with van der Waals surface area (Å²) in [4.78, 5) is 46.6. The number of thioether (sulfide) groups is 1. The average molecular weight is 524 g/mol.